The first kappa shape index (κ1) is 12.2. The van der Waals surface area contributed by atoms with Gasteiger partial charge in [0.1, 0.15) is 12.9 Å². The van der Waals surface area contributed by atoms with Crippen LogP contribution in [0.4, 0.5) is 0 Å². The van der Waals surface area contributed by atoms with Crippen LogP contribution in [0.3, 0.4) is 0 Å². The zero-order valence-electron chi connectivity index (χ0n) is 10.2. The summed E-state index contributed by atoms with van der Waals surface area (Å²) >= 11 is 0. The number of rotatable bonds is 5. The molecule has 0 saturated carbocycles. The van der Waals surface area contributed by atoms with E-state index in [1.165, 1.54) is 7.11 Å². The van der Waals surface area contributed by atoms with E-state index in [0.29, 0.717) is 22.8 Å². The number of aldehydes is 1. The Balaban J connectivity index is 2.11. The van der Waals surface area contributed by atoms with Crippen LogP contribution in [0.5, 0.6) is 11.5 Å². The Labute approximate surface area is 104 Å². The van der Waals surface area contributed by atoms with Gasteiger partial charge in [-0.2, -0.15) is 0 Å². The summed E-state index contributed by atoms with van der Waals surface area (Å²) < 4.78 is 15.7. The van der Waals surface area contributed by atoms with E-state index in [-0.39, 0.29) is 6.61 Å². The third kappa shape index (κ3) is 2.68. The number of hydrogen-bond donors (Lipinski definition) is 0. The topological polar surface area (TPSA) is 61.6 Å². The van der Waals surface area contributed by atoms with Crippen molar-refractivity contribution < 1.29 is 18.8 Å². The first-order chi connectivity index (χ1) is 8.72. The summed E-state index contributed by atoms with van der Waals surface area (Å²) in [6.45, 7) is 2.10. The molecule has 0 N–H and O–H groups in total. The SMILES string of the molecule is COc1cc(C=O)ccc1OCc1cc(C)no1. The second kappa shape index (κ2) is 5.35. The van der Waals surface area contributed by atoms with Crippen molar-refractivity contribution in [1.29, 1.82) is 0 Å². The minimum atomic E-state index is 0.262. The average molecular weight is 247 g/mol. The van der Waals surface area contributed by atoms with Crippen LogP contribution in [0.15, 0.2) is 28.8 Å². The van der Waals surface area contributed by atoms with Crippen molar-refractivity contribution in [3.8, 4) is 11.5 Å². The first-order valence-corrected chi connectivity index (χ1v) is 5.41. The van der Waals surface area contributed by atoms with Gasteiger partial charge in [-0.3, -0.25) is 4.79 Å². The van der Waals surface area contributed by atoms with Gasteiger partial charge >= 0.3 is 0 Å². The normalized spacial score (nSPS) is 10.1. The molecule has 0 aliphatic carbocycles. The van der Waals surface area contributed by atoms with Crippen molar-refractivity contribution in [3.63, 3.8) is 0 Å². The number of ether oxygens (including phenoxy) is 2. The van der Waals surface area contributed by atoms with Gasteiger partial charge in [-0.1, -0.05) is 5.16 Å². The van der Waals surface area contributed by atoms with Crippen molar-refractivity contribution in [2.24, 2.45) is 0 Å². The van der Waals surface area contributed by atoms with Gasteiger partial charge in [0.25, 0.3) is 0 Å². The van der Waals surface area contributed by atoms with Gasteiger partial charge in [-0.25, -0.2) is 0 Å². The van der Waals surface area contributed by atoms with E-state index in [2.05, 4.69) is 5.16 Å². The maximum absolute atomic E-state index is 10.6. The zero-order chi connectivity index (χ0) is 13.0. The molecule has 94 valence electrons. The van der Waals surface area contributed by atoms with Gasteiger partial charge in [-0.15, -0.1) is 0 Å². The molecule has 0 radical (unpaired) electrons. The van der Waals surface area contributed by atoms with Crippen LogP contribution in [0.2, 0.25) is 0 Å². The summed E-state index contributed by atoms with van der Waals surface area (Å²) in [5, 5.41) is 3.77. The predicted molar refractivity (Wildman–Crippen MR) is 64.0 cm³/mol. The molecule has 2 aromatic rings. The Morgan fingerprint density at radius 1 is 1.33 bits per heavy atom. The number of carbonyl (C=O) groups is 1. The third-order valence-corrected chi connectivity index (χ3v) is 2.37. The van der Waals surface area contributed by atoms with E-state index >= 15 is 0 Å². The van der Waals surface area contributed by atoms with Crippen LogP contribution in [0, 0.1) is 6.92 Å². The van der Waals surface area contributed by atoms with Crippen LogP contribution in [-0.4, -0.2) is 18.6 Å². The van der Waals surface area contributed by atoms with Crippen LogP contribution >= 0.6 is 0 Å². The van der Waals surface area contributed by atoms with Crippen LogP contribution in [0.25, 0.3) is 0 Å². The van der Waals surface area contributed by atoms with Crippen molar-refractivity contribution >= 4 is 6.29 Å². The van der Waals surface area contributed by atoms with Crippen molar-refractivity contribution in [2.45, 2.75) is 13.5 Å². The Morgan fingerprint density at radius 2 is 2.17 bits per heavy atom. The van der Waals surface area contributed by atoms with Gasteiger partial charge in [-0.05, 0) is 25.1 Å². The molecule has 0 bridgehead atoms. The number of aryl methyl sites for hydroxylation is 1. The van der Waals surface area contributed by atoms with Gasteiger partial charge in [0.05, 0.1) is 12.8 Å². The lowest BCUT2D eigenvalue weighted by molar-refractivity contribution is 0.112. The molecular formula is C13H13NO4. The predicted octanol–water partition coefficient (Wildman–Crippen LogP) is 2.38. The highest BCUT2D eigenvalue weighted by Gasteiger charge is 2.07. The quantitative estimate of drug-likeness (QED) is 0.759. The Hall–Kier alpha value is -2.30. The van der Waals surface area contributed by atoms with Gasteiger partial charge < -0.3 is 14.0 Å². The highest BCUT2D eigenvalue weighted by Crippen LogP contribution is 2.28. The van der Waals surface area contributed by atoms with E-state index in [0.717, 1.165) is 12.0 Å². The summed E-state index contributed by atoms with van der Waals surface area (Å²) in [7, 11) is 1.52. The fraction of sp³-hybridized carbons (Fsp3) is 0.231. The van der Waals surface area contributed by atoms with Crippen molar-refractivity contribution in [3.05, 3.63) is 41.3 Å². The number of benzene rings is 1. The largest absolute Gasteiger partial charge is 0.493 e. The fourth-order valence-corrected chi connectivity index (χ4v) is 1.51. The summed E-state index contributed by atoms with van der Waals surface area (Å²) in [4.78, 5) is 10.6. The number of hydrogen-bond acceptors (Lipinski definition) is 5. The molecule has 0 spiro atoms. The Kier molecular flexibility index (Phi) is 3.62. The second-order valence-corrected chi connectivity index (χ2v) is 3.75. The molecule has 5 nitrogen and oxygen atoms in total. The molecule has 0 aliphatic rings. The number of carbonyl (C=O) groups excluding carboxylic acids is 1. The van der Waals surface area contributed by atoms with Crippen molar-refractivity contribution in [2.75, 3.05) is 7.11 Å². The highest BCUT2D eigenvalue weighted by molar-refractivity contribution is 5.76. The van der Waals surface area contributed by atoms with E-state index in [9.17, 15) is 4.79 Å². The van der Waals surface area contributed by atoms with Gasteiger partial charge in [0.15, 0.2) is 17.3 Å². The fourth-order valence-electron chi connectivity index (χ4n) is 1.51. The number of methoxy groups -OCH3 is 1. The molecule has 2 rings (SSSR count). The lowest BCUT2D eigenvalue weighted by Crippen LogP contribution is -1.97. The lowest BCUT2D eigenvalue weighted by atomic mass is 10.2. The molecular weight excluding hydrogens is 234 g/mol. The monoisotopic (exact) mass is 247 g/mol. The summed E-state index contributed by atoms with van der Waals surface area (Å²) in [6.07, 6.45) is 0.756. The van der Waals surface area contributed by atoms with Crippen LogP contribution in [0.1, 0.15) is 21.8 Å². The third-order valence-electron chi connectivity index (χ3n) is 2.37. The second-order valence-electron chi connectivity index (χ2n) is 3.75. The molecule has 0 saturated heterocycles. The summed E-state index contributed by atoms with van der Waals surface area (Å²) in [5.74, 6) is 1.70. The maximum Gasteiger partial charge on any atom is 0.174 e. The molecule has 0 aliphatic heterocycles. The molecule has 1 heterocycles. The Bertz CT molecular complexity index is 548. The standard InChI is InChI=1S/C13H13NO4/c1-9-5-11(18-14-9)8-17-12-4-3-10(7-15)6-13(12)16-2/h3-7H,8H2,1-2H3. The number of aromatic nitrogens is 1. The first-order valence-electron chi connectivity index (χ1n) is 5.41. The van der Waals surface area contributed by atoms with Crippen LogP contribution in [-0.2, 0) is 6.61 Å². The smallest absolute Gasteiger partial charge is 0.174 e. The van der Waals surface area contributed by atoms with Crippen LogP contribution < -0.4 is 9.47 Å². The summed E-state index contributed by atoms with van der Waals surface area (Å²) in [6, 6.07) is 6.77. The van der Waals surface area contributed by atoms with Gasteiger partial charge in [0, 0.05) is 11.6 Å². The average Bonchev–Trinajstić information content (AvgIpc) is 2.82. The highest BCUT2D eigenvalue weighted by atomic mass is 16.5. The zero-order valence-corrected chi connectivity index (χ0v) is 10.2. The molecule has 18 heavy (non-hydrogen) atoms. The Morgan fingerprint density at radius 3 is 2.78 bits per heavy atom. The minimum Gasteiger partial charge on any atom is -0.493 e. The molecule has 0 amide bonds. The lowest BCUT2D eigenvalue weighted by Gasteiger charge is -2.09. The number of nitrogens with zero attached hydrogens (tertiary/aromatic N) is 1. The van der Waals surface area contributed by atoms with Crippen molar-refractivity contribution in [1.82, 2.24) is 5.16 Å². The van der Waals surface area contributed by atoms with E-state index in [1.54, 1.807) is 24.3 Å². The van der Waals surface area contributed by atoms with Gasteiger partial charge in [0.2, 0.25) is 0 Å². The maximum atomic E-state index is 10.6. The molecule has 0 fully saturated rings. The van der Waals surface area contributed by atoms with E-state index in [1.807, 2.05) is 6.92 Å². The molecule has 5 heteroatoms. The molecule has 0 atom stereocenters. The minimum absolute atomic E-state index is 0.262. The van der Waals surface area contributed by atoms with E-state index < -0.39 is 0 Å². The summed E-state index contributed by atoms with van der Waals surface area (Å²) in [5.41, 5.74) is 1.34. The van der Waals surface area contributed by atoms with E-state index in [4.69, 9.17) is 14.0 Å². The molecule has 1 aromatic carbocycles. The molecule has 1 aromatic heterocycles. The molecule has 0 unspecified atom stereocenters.